The molecule has 1 heterocycles. The molecule has 6 nitrogen and oxygen atoms in total. The fourth-order valence-electron chi connectivity index (χ4n) is 1.34. The smallest absolute Gasteiger partial charge is 0.270 e. The van der Waals surface area contributed by atoms with E-state index in [0.29, 0.717) is 15.9 Å². The maximum absolute atomic E-state index is 10.7. The summed E-state index contributed by atoms with van der Waals surface area (Å²) in [6, 6.07) is 8.00. The Labute approximate surface area is 118 Å². The number of non-ortho nitro benzene ring substituents is 1. The van der Waals surface area contributed by atoms with Crippen molar-refractivity contribution in [1.82, 2.24) is 9.97 Å². The summed E-state index contributed by atoms with van der Waals surface area (Å²) in [7, 11) is 0. The number of thioether (sulfide) groups is 1. The van der Waals surface area contributed by atoms with Gasteiger partial charge in [0.05, 0.1) is 4.92 Å². The third-order valence-corrected chi connectivity index (χ3v) is 3.63. The third-order valence-electron chi connectivity index (χ3n) is 2.15. The molecule has 0 unspecified atom stereocenters. The van der Waals surface area contributed by atoms with Crippen molar-refractivity contribution < 1.29 is 4.92 Å². The maximum atomic E-state index is 10.7. The number of aromatic nitrogens is 2. The number of anilines is 1. The van der Waals surface area contributed by atoms with E-state index in [2.05, 4.69) is 9.97 Å². The molecule has 0 atom stereocenters. The highest BCUT2D eigenvalue weighted by atomic mass is 32.2. The number of nitro groups is 1. The highest BCUT2D eigenvalue weighted by Crippen LogP contribution is 2.29. The van der Waals surface area contributed by atoms with E-state index in [4.69, 9.17) is 5.73 Å². The van der Waals surface area contributed by atoms with Crippen LogP contribution >= 0.6 is 23.5 Å². The molecule has 0 radical (unpaired) electrons. The molecule has 0 amide bonds. The van der Waals surface area contributed by atoms with Gasteiger partial charge in [-0.1, -0.05) is 6.07 Å². The SMILES string of the molecule is CSc1cc(N)nc(Sc2cccc([N+](=O)[O-])c2)n1. The number of nitrogens with zero attached hydrogens (tertiary/aromatic N) is 3. The molecule has 0 aliphatic carbocycles. The zero-order valence-corrected chi connectivity index (χ0v) is 11.6. The first-order valence-corrected chi connectivity index (χ1v) is 7.23. The fraction of sp³-hybridized carbons (Fsp3) is 0.0909. The zero-order chi connectivity index (χ0) is 13.8. The summed E-state index contributed by atoms with van der Waals surface area (Å²) in [5, 5.41) is 11.9. The number of benzene rings is 1. The van der Waals surface area contributed by atoms with Crippen LogP contribution in [-0.4, -0.2) is 21.1 Å². The van der Waals surface area contributed by atoms with E-state index in [1.54, 1.807) is 18.2 Å². The summed E-state index contributed by atoms with van der Waals surface area (Å²) in [5.41, 5.74) is 5.72. The van der Waals surface area contributed by atoms with Crippen LogP contribution in [0.3, 0.4) is 0 Å². The van der Waals surface area contributed by atoms with E-state index < -0.39 is 4.92 Å². The van der Waals surface area contributed by atoms with Crippen LogP contribution in [-0.2, 0) is 0 Å². The fourth-order valence-corrected chi connectivity index (χ4v) is 2.64. The highest BCUT2D eigenvalue weighted by molar-refractivity contribution is 7.99. The minimum Gasteiger partial charge on any atom is -0.384 e. The minimum atomic E-state index is -0.433. The Morgan fingerprint density at radius 1 is 1.32 bits per heavy atom. The Bertz CT molecular complexity index is 621. The van der Waals surface area contributed by atoms with Gasteiger partial charge >= 0.3 is 0 Å². The van der Waals surface area contributed by atoms with Gasteiger partial charge in [-0.05, 0) is 24.1 Å². The van der Waals surface area contributed by atoms with E-state index in [1.807, 2.05) is 6.26 Å². The van der Waals surface area contributed by atoms with Crippen LogP contribution in [0.5, 0.6) is 0 Å². The highest BCUT2D eigenvalue weighted by Gasteiger charge is 2.09. The molecule has 8 heteroatoms. The molecular weight excluding hydrogens is 284 g/mol. The average molecular weight is 294 g/mol. The number of nitrogen functional groups attached to an aromatic ring is 1. The lowest BCUT2D eigenvalue weighted by Gasteiger charge is -2.03. The summed E-state index contributed by atoms with van der Waals surface area (Å²) in [6.07, 6.45) is 1.89. The number of nitro benzene ring substituents is 1. The van der Waals surface area contributed by atoms with Crippen molar-refractivity contribution in [3.8, 4) is 0 Å². The van der Waals surface area contributed by atoms with Crippen LogP contribution in [0.25, 0.3) is 0 Å². The third kappa shape index (κ3) is 3.58. The second kappa shape index (κ2) is 5.89. The summed E-state index contributed by atoms with van der Waals surface area (Å²) < 4.78 is 0. The standard InChI is InChI=1S/C11H10N4O2S2/c1-18-10-6-9(12)13-11(14-10)19-8-4-2-3-7(5-8)15(16)17/h2-6H,1H3,(H2,12,13,14). The van der Waals surface area contributed by atoms with Crippen LogP contribution in [0.4, 0.5) is 11.5 Å². The van der Waals surface area contributed by atoms with E-state index in [9.17, 15) is 10.1 Å². The van der Waals surface area contributed by atoms with Crippen molar-refractivity contribution in [2.24, 2.45) is 0 Å². The monoisotopic (exact) mass is 294 g/mol. The van der Waals surface area contributed by atoms with Gasteiger partial charge in [0.1, 0.15) is 10.8 Å². The van der Waals surface area contributed by atoms with Crippen LogP contribution in [0, 0.1) is 10.1 Å². The quantitative estimate of drug-likeness (QED) is 0.304. The Kier molecular flexibility index (Phi) is 4.23. The van der Waals surface area contributed by atoms with Gasteiger partial charge in [0, 0.05) is 23.1 Å². The lowest BCUT2D eigenvalue weighted by molar-refractivity contribution is -0.385. The maximum Gasteiger partial charge on any atom is 0.270 e. The molecule has 0 aliphatic heterocycles. The summed E-state index contributed by atoms with van der Waals surface area (Å²) in [5.74, 6) is 0.382. The van der Waals surface area contributed by atoms with Crippen molar-refractivity contribution in [3.63, 3.8) is 0 Å². The molecule has 1 aromatic carbocycles. The molecule has 0 fully saturated rings. The summed E-state index contributed by atoms with van der Waals surface area (Å²) in [6.45, 7) is 0. The van der Waals surface area contributed by atoms with Crippen molar-refractivity contribution in [1.29, 1.82) is 0 Å². The zero-order valence-electron chi connectivity index (χ0n) is 9.94. The van der Waals surface area contributed by atoms with Crippen LogP contribution in [0.2, 0.25) is 0 Å². The lowest BCUT2D eigenvalue weighted by atomic mass is 10.3. The van der Waals surface area contributed by atoms with Gasteiger partial charge < -0.3 is 5.73 Å². The number of rotatable bonds is 4. The number of nitrogens with two attached hydrogens (primary N) is 1. The molecule has 2 rings (SSSR count). The Morgan fingerprint density at radius 2 is 2.11 bits per heavy atom. The van der Waals surface area contributed by atoms with Gasteiger partial charge in [-0.25, -0.2) is 9.97 Å². The van der Waals surface area contributed by atoms with Crippen molar-refractivity contribution in [3.05, 3.63) is 40.4 Å². The Balaban J connectivity index is 2.28. The summed E-state index contributed by atoms with van der Waals surface area (Å²) in [4.78, 5) is 19.4. The van der Waals surface area contributed by atoms with E-state index >= 15 is 0 Å². The average Bonchev–Trinajstić information content (AvgIpc) is 2.38. The molecule has 98 valence electrons. The Morgan fingerprint density at radius 3 is 2.79 bits per heavy atom. The largest absolute Gasteiger partial charge is 0.384 e. The number of hydrogen-bond donors (Lipinski definition) is 1. The summed E-state index contributed by atoms with van der Waals surface area (Å²) >= 11 is 2.71. The number of hydrogen-bond acceptors (Lipinski definition) is 7. The minimum absolute atomic E-state index is 0.0407. The predicted molar refractivity (Wildman–Crippen MR) is 75.4 cm³/mol. The molecule has 1 aromatic heterocycles. The van der Waals surface area contributed by atoms with Gasteiger partial charge in [0.2, 0.25) is 0 Å². The molecule has 0 bridgehead atoms. The predicted octanol–water partition coefficient (Wildman–Crippen LogP) is 2.84. The molecule has 0 aliphatic rings. The lowest BCUT2D eigenvalue weighted by Crippen LogP contribution is -1.96. The molecule has 2 aromatic rings. The van der Waals surface area contributed by atoms with Crippen molar-refractivity contribution in [2.45, 2.75) is 15.1 Å². The van der Waals surface area contributed by atoms with E-state index in [0.717, 1.165) is 5.03 Å². The Hall–Kier alpha value is -1.80. The van der Waals surface area contributed by atoms with Gasteiger partial charge in [0.25, 0.3) is 5.69 Å². The second-order valence-corrected chi connectivity index (χ2v) is 5.34. The topological polar surface area (TPSA) is 94.9 Å². The molecular formula is C11H10N4O2S2. The molecule has 0 spiro atoms. The molecule has 2 N–H and O–H groups in total. The normalized spacial score (nSPS) is 10.4. The molecule has 19 heavy (non-hydrogen) atoms. The molecule has 0 saturated carbocycles. The van der Waals surface area contributed by atoms with Gasteiger partial charge in [-0.2, -0.15) is 0 Å². The van der Waals surface area contributed by atoms with Gasteiger partial charge in [0.15, 0.2) is 5.16 Å². The first-order chi connectivity index (χ1) is 9.08. The molecule has 0 saturated heterocycles. The van der Waals surface area contributed by atoms with Crippen molar-refractivity contribution in [2.75, 3.05) is 12.0 Å². The van der Waals surface area contributed by atoms with E-state index in [-0.39, 0.29) is 5.69 Å². The van der Waals surface area contributed by atoms with Gasteiger partial charge in [-0.3, -0.25) is 10.1 Å². The van der Waals surface area contributed by atoms with Crippen LogP contribution in [0.1, 0.15) is 0 Å². The van der Waals surface area contributed by atoms with Crippen LogP contribution < -0.4 is 5.73 Å². The second-order valence-electron chi connectivity index (χ2n) is 3.47. The van der Waals surface area contributed by atoms with Gasteiger partial charge in [-0.15, -0.1) is 11.8 Å². The van der Waals surface area contributed by atoms with Crippen molar-refractivity contribution >= 4 is 35.0 Å². The first-order valence-electron chi connectivity index (χ1n) is 5.19. The first kappa shape index (κ1) is 13.6. The van der Waals surface area contributed by atoms with E-state index in [1.165, 1.54) is 35.7 Å². The van der Waals surface area contributed by atoms with Crippen LogP contribution in [0.15, 0.2) is 45.4 Å².